The number of anilines is 1. The van der Waals surface area contributed by atoms with E-state index in [4.69, 9.17) is 10.5 Å². The van der Waals surface area contributed by atoms with Gasteiger partial charge in [0.05, 0.1) is 17.0 Å². The van der Waals surface area contributed by atoms with Crippen molar-refractivity contribution in [2.45, 2.75) is 33.2 Å². The van der Waals surface area contributed by atoms with Gasteiger partial charge in [-0.1, -0.05) is 6.92 Å². The molecule has 150 valence electrons. The van der Waals surface area contributed by atoms with Crippen molar-refractivity contribution in [1.29, 1.82) is 0 Å². The van der Waals surface area contributed by atoms with E-state index in [-0.39, 0.29) is 27.7 Å². The Hall–Kier alpha value is -3.21. The number of aromatic nitrogens is 2. The number of esters is 1. The maximum Gasteiger partial charge on any atom is 0.354 e. The molecule has 2 heterocycles. The highest BCUT2D eigenvalue weighted by molar-refractivity contribution is 7.18. The van der Waals surface area contributed by atoms with Gasteiger partial charge in [0.25, 0.3) is 5.91 Å². The Balaban J connectivity index is 2.36. The van der Waals surface area contributed by atoms with Crippen LogP contribution in [-0.2, 0) is 9.53 Å². The number of carbonyl (C=O) groups is 4. The predicted octanol–water partition coefficient (Wildman–Crippen LogP) is 1.82. The molecule has 2 aromatic heterocycles. The van der Waals surface area contributed by atoms with Crippen molar-refractivity contribution < 1.29 is 29.0 Å². The lowest BCUT2D eigenvalue weighted by molar-refractivity contribution is -0.119. The van der Waals surface area contributed by atoms with E-state index in [1.54, 1.807) is 0 Å². The zero-order valence-corrected chi connectivity index (χ0v) is 16.3. The summed E-state index contributed by atoms with van der Waals surface area (Å²) in [6.07, 6.45) is 1.87. The van der Waals surface area contributed by atoms with E-state index in [1.165, 1.54) is 26.1 Å². The number of primary amides is 1. The number of hydrogen-bond acceptors (Lipinski definition) is 7. The number of carboxylic acids is 1. The van der Waals surface area contributed by atoms with Crippen LogP contribution in [0.1, 0.15) is 62.4 Å². The number of ether oxygens (including phenoxy) is 1. The topological polar surface area (TPSA) is 154 Å². The Labute approximate surface area is 164 Å². The zero-order valence-electron chi connectivity index (χ0n) is 15.5. The SMILES string of the molecule is CCCOC(=O)c1c(NC(=O)C(C)n2nccc2C(=O)O)sc(C(N)=O)c1C. The van der Waals surface area contributed by atoms with E-state index in [0.29, 0.717) is 12.0 Å². The van der Waals surface area contributed by atoms with Crippen LogP contribution in [0.3, 0.4) is 0 Å². The van der Waals surface area contributed by atoms with Gasteiger partial charge in [-0.2, -0.15) is 5.10 Å². The Morgan fingerprint density at radius 1 is 1.39 bits per heavy atom. The van der Waals surface area contributed by atoms with Crippen molar-refractivity contribution in [2.75, 3.05) is 11.9 Å². The quantitative estimate of drug-likeness (QED) is 0.563. The molecule has 11 heteroatoms. The molecule has 0 spiro atoms. The van der Waals surface area contributed by atoms with Crippen molar-refractivity contribution in [3.05, 3.63) is 34.0 Å². The first kappa shape index (κ1) is 21.1. The van der Waals surface area contributed by atoms with E-state index in [1.807, 2.05) is 6.92 Å². The highest BCUT2D eigenvalue weighted by Gasteiger charge is 2.28. The minimum atomic E-state index is -1.23. The third kappa shape index (κ3) is 4.19. The average molecular weight is 408 g/mol. The fraction of sp³-hybridized carbons (Fsp3) is 0.353. The number of nitrogens with zero attached hydrogens (tertiary/aromatic N) is 2. The molecule has 2 amide bonds. The van der Waals surface area contributed by atoms with Crippen molar-refractivity contribution in [3.63, 3.8) is 0 Å². The Morgan fingerprint density at radius 2 is 2.07 bits per heavy atom. The normalized spacial score (nSPS) is 11.7. The molecular weight excluding hydrogens is 388 g/mol. The summed E-state index contributed by atoms with van der Waals surface area (Å²) < 4.78 is 6.17. The molecule has 1 atom stereocenters. The van der Waals surface area contributed by atoms with E-state index in [9.17, 15) is 24.3 Å². The number of carboxylic acid groups (broad SMARTS) is 1. The molecule has 28 heavy (non-hydrogen) atoms. The zero-order chi connectivity index (χ0) is 21.0. The summed E-state index contributed by atoms with van der Waals surface area (Å²) in [5, 5.41) is 15.7. The third-order valence-corrected chi connectivity index (χ3v) is 5.11. The molecular formula is C17H20N4O6S. The van der Waals surface area contributed by atoms with Gasteiger partial charge in [-0.15, -0.1) is 11.3 Å². The van der Waals surface area contributed by atoms with Crippen LogP contribution in [0, 0.1) is 6.92 Å². The van der Waals surface area contributed by atoms with Crippen LogP contribution in [0.2, 0.25) is 0 Å². The van der Waals surface area contributed by atoms with Gasteiger partial charge < -0.3 is 20.9 Å². The minimum absolute atomic E-state index is 0.0479. The number of nitrogens with one attached hydrogen (secondary N) is 1. The molecule has 0 bridgehead atoms. The first-order valence-electron chi connectivity index (χ1n) is 8.36. The van der Waals surface area contributed by atoms with Gasteiger partial charge in [-0.05, 0) is 31.9 Å². The third-order valence-electron chi connectivity index (χ3n) is 3.88. The molecule has 0 aliphatic carbocycles. The maximum absolute atomic E-state index is 12.6. The molecule has 0 radical (unpaired) electrons. The standard InChI is InChI=1S/C17H20N4O6S/c1-4-7-27-17(26)11-8(2)12(13(18)22)28-15(11)20-14(23)9(3)21-10(16(24)25)5-6-19-21/h5-6,9H,4,7H2,1-3H3,(H2,18,22)(H,20,23)(H,24,25). The predicted molar refractivity (Wildman–Crippen MR) is 101 cm³/mol. The van der Waals surface area contributed by atoms with E-state index in [0.717, 1.165) is 16.0 Å². The molecule has 0 aromatic carbocycles. The smallest absolute Gasteiger partial charge is 0.354 e. The Morgan fingerprint density at radius 3 is 2.64 bits per heavy atom. The summed E-state index contributed by atoms with van der Waals surface area (Å²) in [5.74, 6) is -3.27. The maximum atomic E-state index is 12.6. The molecule has 1 unspecified atom stereocenters. The molecule has 0 saturated heterocycles. The highest BCUT2D eigenvalue weighted by atomic mass is 32.1. The fourth-order valence-corrected chi connectivity index (χ4v) is 3.52. The molecule has 0 aliphatic rings. The molecule has 0 aliphatic heterocycles. The first-order valence-corrected chi connectivity index (χ1v) is 9.18. The van der Waals surface area contributed by atoms with Crippen molar-refractivity contribution in [1.82, 2.24) is 9.78 Å². The molecule has 4 N–H and O–H groups in total. The Kier molecular flexibility index (Phi) is 6.52. The summed E-state index contributed by atoms with van der Waals surface area (Å²) >= 11 is 0.856. The van der Waals surface area contributed by atoms with E-state index < -0.39 is 29.8 Å². The highest BCUT2D eigenvalue weighted by Crippen LogP contribution is 2.34. The first-order chi connectivity index (χ1) is 13.2. The molecule has 0 saturated carbocycles. The minimum Gasteiger partial charge on any atom is -0.477 e. The van der Waals surface area contributed by atoms with E-state index >= 15 is 0 Å². The summed E-state index contributed by atoms with van der Waals surface area (Å²) in [4.78, 5) is 48.0. The number of thiophene rings is 1. The number of hydrogen-bond donors (Lipinski definition) is 3. The van der Waals surface area contributed by atoms with Gasteiger partial charge in [-0.25, -0.2) is 14.3 Å². The van der Waals surface area contributed by atoms with Crippen LogP contribution in [0.5, 0.6) is 0 Å². The van der Waals surface area contributed by atoms with Crippen LogP contribution < -0.4 is 11.1 Å². The van der Waals surface area contributed by atoms with Gasteiger partial charge in [0.15, 0.2) is 0 Å². The largest absolute Gasteiger partial charge is 0.477 e. The van der Waals surface area contributed by atoms with Crippen molar-refractivity contribution in [2.24, 2.45) is 5.73 Å². The number of carbonyl (C=O) groups excluding carboxylic acids is 3. The van der Waals surface area contributed by atoms with Gasteiger partial charge in [-0.3, -0.25) is 9.59 Å². The van der Waals surface area contributed by atoms with Crippen LogP contribution >= 0.6 is 11.3 Å². The molecule has 2 aromatic rings. The summed E-state index contributed by atoms with van der Waals surface area (Å²) in [5.41, 5.74) is 5.54. The van der Waals surface area contributed by atoms with Crippen molar-refractivity contribution in [3.8, 4) is 0 Å². The second-order valence-electron chi connectivity index (χ2n) is 5.89. The lowest BCUT2D eigenvalue weighted by atomic mass is 10.1. The molecule has 2 rings (SSSR count). The second kappa shape index (κ2) is 8.65. The van der Waals surface area contributed by atoms with Gasteiger partial charge in [0.1, 0.15) is 16.7 Å². The summed E-state index contributed by atoms with van der Waals surface area (Å²) in [6.45, 7) is 5.00. The monoisotopic (exact) mass is 408 g/mol. The Bertz CT molecular complexity index is 932. The number of rotatable bonds is 8. The van der Waals surface area contributed by atoms with Crippen LogP contribution in [0.15, 0.2) is 12.3 Å². The second-order valence-corrected chi connectivity index (χ2v) is 6.91. The lowest BCUT2D eigenvalue weighted by Crippen LogP contribution is -2.27. The number of aromatic carboxylic acids is 1. The van der Waals surface area contributed by atoms with Crippen LogP contribution in [0.25, 0.3) is 0 Å². The summed E-state index contributed by atoms with van der Waals surface area (Å²) in [7, 11) is 0. The average Bonchev–Trinajstić information content (AvgIpc) is 3.24. The fourth-order valence-electron chi connectivity index (χ4n) is 2.47. The van der Waals surface area contributed by atoms with Crippen LogP contribution in [0.4, 0.5) is 5.00 Å². The van der Waals surface area contributed by atoms with Gasteiger partial charge in [0.2, 0.25) is 5.91 Å². The van der Waals surface area contributed by atoms with Gasteiger partial charge in [0, 0.05) is 6.20 Å². The molecule has 10 nitrogen and oxygen atoms in total. The van der Waals surface area contributed by atoms with Gasteiger partial charge >= 0.3 is 11.9 Å². The molecule has 0 fully saturated rings. The van der Waals surface area contributed by atoms with E-state index in [2.05, 4.69) is 10.4 Å². The van der Waals surface area contributed by atoms with Crippen LogP contribution in [-0.4, -0.2) is 45.2 Å². The van der Waals surface area contributed by atoms with Crippen molar-refractivity contribution >= 4 is 40.1 Å². The number of amides is 2. The lowest BCUT2D eigenvalue weighted by Gasteiger charge is -2.14. The number of nitrogens with two attached hydrogens (primary N) is 1. The summed E-state index contributed by atoms with van der Waals surface area (Å²) in [6, 6.07) is 0.278.